The second-order valence-corrected chi connectivity index (χ2v) is 9.15. The van der Waals surface area contributed by atoms with Crippen molar-refractivity contribution in [3.05, 3.63) is 119 Å². The number of carbonyl (C=O) groups is 2. The molecule has 0 fully saturated rings. The first-order valence-electron chi connectivity index (χ1n) is 12.7. The number of anilines is 1. The van der Waals surface area contributed by atoms with E-state index in [4.69, 9.17) is 13.9 Å². The molecule has 5 aromatic rings. The van der Waals surface area contributed by atoms with Crippen LogP contribution in [0, 0.1) is 13.8 Å². The molecule has 2 aromatic heterocycles. The molecule has 40 heavy (non-hydrogen) atoms. The smallest absolute Gasteiger partial charge is 0.302 e. The Morgan fingerprint density at radius 2 is 1.62 bits per heavy atom. The molecule has 3 aromatic carbocycles. The number of hydrogen-bond donors (Lipinski definition) is 1. The van der Waals surface area contributed by atoms with Crippen molar-refractivity contribution in [3.8, 4) is 11.5 Å². The molecule has 0 bridgehead atoms. The van der Waals surface area contributed by atoms with Crippen molar-refractivity contribution in [2.24, 2.45) is 4.99 Å². The minimum absolute atomic E-state index is 0.00709. The van der Waals surface area contributed by atoms with E-state index in [0.29, 0.717) is 39.4 Å². The highest BCUT2D eigenvalue weighted by molar-refractivity contribution is 6.06. The topological polar surface area (TPSA) is 103 Å². The van der Waals surface area contributed by atoms with E-state index in [-0.39, 0.29) is 17.7 Å². The van der Waals surface area contributed by atoms with Gasteiger partial charge in [0.05, 0.1) is 11.4 Å². The summed E-state index contributed by atoms with van der Waals surface area (Å²) in [6.45, 7) is 5.04. The van der Waals surface area contributed by atoms with Gasteiger partial charge in [0, 0.05) is 29.8 Å². The average molecular weight is 534 g/mol. The third-order valence-corrected chi connectivity index (χ3v) is 6.17. The third-order valence-electron chi connectivity index (χ3n) is 6.17. The molecule has 0 saturated carbocycles. The van der Waals surface area contributed by atoms with E-state index >= 15 is 0 Å². The van der Waals surface area contributed by atoms with E-state index in [9.17, 15) is 9.59 Å². The van der Waals surface area contributed by atoms with Crippen LogP contribution in [0.3, 0.4) is 0 Å². The number of nitrogens with one attached hydrogen (secondary N) is 1. The molecule has 200 valence electrons. The summed E-state index contributed by atoms with van der Waals surface area (Å²) in [5, 5.41) is 3.56. The zero-order valence-corrected chi connectivity index (χ0v) is 22.3. The number of esters is 1. The van der Waals surface area contributed by atoms with Gasteiger partial charge in [0.25, 0.3) is 5.91 Å². The van der Waals surface area contributed by atoms with Crippen molar-refractivity contribution < 1.29 is 23.5 Å². The summed E-state index contributed by atoms with van der Waals surface area (Å²) < 4.78 is 17.3. The fourth-order valence-electron chi connectivity index (χ4n) is 4.06. The lowest BCUT2D eigenvalue weighted by Crippen LogP contribution is -2.22. The lowest BCUT2D eigenvalue weighted by molar-refractivity contribution is -0.142. The summed E-state index contributed by atoms with van der Waals surface area (Å²) in [6.07, 6.45) is 1.61. The number of aryl methyl sites for hydroxylation is 2. The highest BCUT2D eigenvalue weighted by Gasteiger charge is 2.18. The second-order valence-electron chi connectivity index (χ2n) is 9.15. The van der Waals surface area contributed by atoms with E-state index < -0.39 is 11.9 Å². The van der Waals surface area contributed by atoms with E-state index in [0.717, 1.165) is 11.3 Å². The molecule has 8 nitrogen and oxygen atoms in total. The number of aromatic nitrogens is 1. The molecule has 8 heteroatoms. The van der Waals surface area contributed by atoms with Crippen LogP contribution in [0.25, 0.3) is 11.0 Å². The van der Waals surface area contributed by atoms with Gasteiger partial charge < -0.3 is 19.2 Å². The quantitative estimate of drug-likeness (QED) is 0.231. The van der Waals surface area contributed by atoms with Gasteiger partial charge in [0.15, 0.2) is 5.58 Å². The number of rotatable bonds is 7. The Bertz CT molecular complexity index is 1760. The largest absolute Gasteiger partial charge is 0.461 e. The average Bonchev–Trinajstić information content (AvgIpc) is 2.95. The third kappa shape index (κ3) is 6.07. The molecule has 0 radical (unpaired) electrons. The van der Waals surface area contributed by atoms with Gasteiger partial charge in [0.2, 0.25) is 5.55 Å². The number of para-hydroxylation sites is 2. The summed E-state index contributed by atoms with van der Waals surface area (Å²) >= 11 is 0. The van der Waals surface area contributed by atoms with Gasteiger partial charge in [0.1, 0.15) is 23.7 Å². The first-order valence-corrected chi connectivity index (χ1v) is 12.7. The molecule has 0 atom stereocenters. The number of fused-ring (bicyclic) bond motifs is 1. The predicted molar refractivity (Wildman–Crippen MR) is 152 cm³/mol. The van der Waals surface area contributed by atoms with E-state index in [1.165, 1.54) is 6.92 Å². The number of hydrogen-bond acceptors (Lipinski definition) is 7. The van der Waals surface area contributed by atoms with Crippen LogP contribution < -0.4 is 15.6 Å². The highest BCUT2D eigenvalue weighted by Crippen LogP contribution is 2.25. The Hall–Kier alpha value is -5.24. The zero-order valence-electron chi connectivity index (χ0n) is 22.3. The Balaban J connectivity index is 1.59. The summed E-state index contributed by atoms with van der Waals surface area (Å²) in [5.74, 6) is 0.554. The van der Waals surface area contributed by atoms with Crippen molar-refractivity contribution in [1.29, 1.82) is 0 Å². The standard InChI is InChI=1S/C32H27N3O5/c1-20-9-7-8-12-29(20)35-31(37)28-17-27-23(19-38-22(3)36)18-33-21(2)30(27)40-32(28)34-24-13-15-26(16-14-24)39-25-10-5-4-6-11-25/h4-18H,19H2,1-3H3,(H,35,37). The summed E-state index contributed by atoms with van der Waals surface area (Å²) in [7, 11) is 0. The minimum atomic E-state index is -0.422. The van der Waals surface area contributed by atoms with Gasteiger partial charge >= 0.3 is 5.97 Å². The molecule has 1 N–H and O–H groups in total. The SMILES string of the molecule is CC(=O)OCc1cnc(C)c2oc(=Nc3ccc(Oc4ccccc4)cc3)c(C(=O)Nc3ccccc3C)cc12. The van der Waals surface area contributed by atoms with Crippen LogP contribution in [0.15, 0.2) is 101 Å². The molecule has 1 amide bonds. The zero-order chi connectivity index (χ0) is 28.1. The van der Waals surface area contributed by atoms with E-state index in [1.807, 2.05) is 61.5 Å². The number of ether oxygens (including phenoxy) is 2. The van der Waals surface area contributed by atoms with Gasteiger partial charge in [-0.05, 0) is 67.9 Å². The Morgan fingerprint density at radius 1 is 0.925 bits per heavy atom. The number of carbonyl (C=O) groups excluding carboxylic acids is 2. The van der Waals surface area contributed by atoms with Crippen molar-refractivity contribution in [2.45, 2.75) is 27.4 Å². The van der Waals surface area contributed by atoms with Crippen LogP contribution in [0.5, 0.6) is 11.5 Å². The van der Waals surface area contributed by atoms with Crippen LogP contribution in [0.1, 0.15) is 34.1 Å². The monoisotopic (exact) mass is 533 g/mol. The van der Waals surface area contributed by atoms with Crippen LogP contribution in [0.2, 0.25) is 0 Å². The molecule has 2 heterocycles. The first kappa shape index (κ1) is 26.4. The van der Waals surface area contributed by atoms with Gasteiger partial charge in [-0.15, -0.1) is 0 Å². The maximum atomic E-state index is 13.6. The number of amides is 1. The van der Waals surface area contributed by atoms with Crippen molar-refractivity contribution in [3.63, 3.8) is 0 Å². The Morgan fingerprint density at radius 3 is 2.35 bits per heavy atom. The maximum Gasteiger partial charge on any atom is 0.302 e. The predicted octanol–water partition coefficient (Wildman–Crippen LogP) is 6.78. The van der Waals surface area contributed by atoms with Gasteiger partial charge in [-0.25, -0.2) is 4.99 Å². The highest BCUT2D eigenvalue weighted by atomic mass is 16.5. The van der Waals surface area contributed by atoms with Gasteiger partial charge in [-0.3, -0.25) is 14.6 Å². The summed E-state index contributed by atoms with van der Waals surface area (Å²) in [5.41, 5.74) is 4.15. The van der Waals surface area contributed by atoms with Crippen LogP contribution in [-0.2, 0) is 16.1 Å². The molecule has 0 spiro atoms. The summed E-state index contributed by atoms with van der Waals surface area (Å²) in [6, 6.07) is 25.8. The number of nitrogens with zero attached hydrogens (tertiary/aromatic N) is 2. The fraction of sp³-hybridized carbons (Fsp3) is 0.125. The first-order chi connectivity index (χ1) is 19.4. The molecule has 0 saturated heterocycles. The van der Waals surface area contributed by atoms with Crippen molar-refractivity contribution in [2.75, 3.05) is 5.32 Å². The second kappa shape index (κ2) is 11.7. The normalized spacial score (nSPS) is 11.3. The Kier molecular flexibility index (Phi) is 7.68. The molecule has 0 aliphatic heterocycles. The van der Waals surface area contributed by atoms with Crippen LogP contribution >= 0.6 is 0 Å². The van der Waals surface area contributed by atoms with E-state index in [2.05, 4.69) is 15.3 Å². The fourth-order valence-corrected chi connectivity index (χ4v) is 4.06. The molecule has 0 aliphatic rings. The molecule has 5 rings (SSSR count). The Labute approximate surface area is 230 Å². The van der Waals surface area contributed by atoms with Crippen LogP contribution in [0.4, 0.5) is 11.4 Å². The number of benzene rings is 3. The van der Waals surface area contributed by atoms with Crippen LogP contribution in [-0.4, -0.2) is 16.9 Å². The van der Waals surface area contributed by atoms with Crippen molar-refractivity contribution in [1.82, 2.24) is 4.98 Å². The molecule has 0 aliphatic carbocycles. The van der Waals surface area contributed by atoms with Gasteiger partial charge in [-0.1, -0.05) is 36.4 Å². The number of pyridine rings is 1. The molecular weight excluding hydrogens is 506 g/mol. The summed E-state index contributed by atoms with van der Waals surface area (Å²) in [4.78, 5) is 34.1. The molecule has 0 unspecified atom stereocenters. The van der Waals surface area contributed by atoms with Crippen molar-refractivity contribution >= 4 is 34.2 Å². The lowest BCUT2D eigenvalue weighted by atomic mass is 10.1. The lowest BCUT2D eigenvalue weighted by Gasteiger charge is -2.12. The maximum absolute atomic E-state index is 13.6. The van der Waals surface area contributed by atoms with E-state index in [1.54, 1.807) is 43.5 Å². The molecular formula is C32H27N3O5. The minimum Gasteiger partial charge on any atom is -0.461 e. The van der Waals surface area contributed by atoms with Gasteiger partial charge in [-0.2, -0.15) is 0 Å².